The maximum Gasteiger partial charge on any atom is 0.0885 e. The van der Waals surface area contributed by atoms with E-state index in [0.29, 0.717) is 12.0 Å². The summed E-state index contributed by atoms with van der Waals surface area (Å²) >= 11 is 0. The Balaban J connectivity index is 2.02. The second-order valence-corrected chi connectivity index (χ2v) is 3.88. The SMILES string of the molecule is C=COCCCNC1CCCC1CN. The van der Waals surface area contributed by atoms with E-state index in [2.05, 4.69) is 11.9 Å². The van der Waals surface area contributed by atoms with E-state index in [-0.39, 0.29) is 0 Å². The molecule has 1 aliphatic carbocycles. The quantitative estimate of drug-likeness (QED) is 0.478. The summed E-state index contributed by atoms with van der Waals surface area (Å²) in [6, 6.07) is 0.642. The molecule has 0 amide bonds. The summed E-state index contributed by atoms with van der Waals surface area (Å²) in [5.74, 6) is 0.690. The van der Waals surface area contributed by atoms with Gasteiger partial charge in [0.15, 0.2) is 0 Å². The van der Waals surface area contributed by atoms with Crippen molar-refractivity contribution in [2.24, 2.45) is 11.7 Å². The third-order valence-electron chi connectivity index (χ3n) is 2.93. The topological polar surface area (TPSA) is 47.3 Å². The molecule has 3 N–H and O–H groups in total. The zero-order chi connectivity index (χ0) is 10.2. The highest BCUT2D eigenvalue weighted by Gasteiger charge is 2.24. The molecule has 14 heavy (non-hydrogen) atoms. The van der Waals surface area contributed by atoms with Crippen molar-refractivity contribution < 1.29 is 4.74 Å². The van der Waals surface area contributed by atoms with Gasteiger partial charge in [-0.3, -0.25) is 0 Å². The molecule has 0 aromatic heterocycles. The molecule has 0 bridgehead atoms. The van der Waals surface area contributed by atoms with Crippen LogP contribution in [0.4, 0.5) is 0 Å². The van der Waals surface area contributed by atoms with Crippen molar-refractivity contribution in [3.8, 4) is 0 Å². The van der Waals surface area contributed by atoms with Gasteiger partial charge in [0.25, 0.3) is 0 Å². The highest BCUT2D eigenvalue weighted by Crippen LogP contribution is 2.24. The Morgan fingerprint density at radius 2 is 2.36 bits per heavy atom. The van der Waals surface area contributed by atoms with Crippen molar-refractivity contribution in [1.29, 1.82) is 0 Å². The second kappa shape index (κ2) is 6.85. The Labute approximate surface area is 86.7 Å². The van der Waals surface area contributed by atoms with Gasteiger partial charge in [-0.1, -0.05) is 13.0 Å². The Kier molecular flexibility index (Phi) is 5.64. The van der Waals surface area contributed by atoms with Crippen LogP contribution in [0.1, 0.15) is 25.7 Å². The maximum atomic E-state index is 5.70. The molecule has 82 valence electrons. The first-order valence-corrected chi connectivity index (χ1v) is 5.54. The van der Waals surface area contributed by atoms with Gasteiger partial charge in [0, 0.05) is 6.04 Å². The molecular weight excluding hydrogens is 176 g/mol. The van der Waals surface area contributed by atoms with E-state index in [1.165, 1.54) is 25.5 Å². The normalized spacial score (nSPS) is 26.4. The second-order valence-electron chi connectivity index (χ2n) is 3.88. The molecule has 0 saturated heterocycles. The van der Waals surface area contributed by atoms with Crippen molar-refractivity contribution in [2.75, 3.05) is 19.7 Å². The highest BCUT2D eigenvalue weighted by molar-refractivity contribution is 4.83. The van der Waals surface area contributed by atoms with Crippen LogP contribution in [0.25, 0.3) is 0 Å². The van der Waals surface area contributed by atoms with Gasteiger partial charge in [0.1, 0.15) is 0 Å². The number of hydrogen-bond donors (Lipinski definition) is 2. The Hall–Kier alpha value is -0.540. The van der Waals surface area contributed by atoms with Gasteiger partial charge in [-0.05, 0) is 38.3 Å². The zero-order valence-corrected chi connectivity index (χ0v) is 8.87. The lowest BCUT2D eigenvalue weighted by molar-refractivity contribution is 0.241. The summed E-state index contributed by atoms with van der Waals surface area (Å²) in [7, 11) is 0. The lowest BCUT2D eigenvalue weighted by Gasteiger charge is -2.19. The molecule has 1 saturated carbocycles. The molecule has 1 rings (SSSR count). The molecule has 1 aliphatic rings. The number of nitrogens with two attached hydrogens (primary N) is 1. The summed E-state index contributed by atoms with van der Waals surface area (Å²) in [6.45, 7) is 6.11. The third-order valence-corrected chi connectivity index (χ3v) is 2.93. The first-order valence-electron chi connectivity index (χ1n) is 5.54. The average molecular weight is 198 g/mol. The van der Waals surface area contributed by atoms with Gasteiger partial charge in [0.2, 0.25) is 0 Å². The minimum Gasteiger partial charge on any atom is -0.502 e. The van der Waals surface area contributed by atoms with E-state index in [9.17, 15) is 0 Å². The molecular formula is C11H22N2O. The smallest absolute Gasteiger partial charge is 0.0885 e. The van der Waals surface area contributed by atoms with E-state index in [1.54, 1.807) is 0 Å². The van der Waals surface area contributed by atoms with Crippen LogP contribution < -0.4 is 11.1 Å². The van der Waals surface area contributed by atoms with Crippen LogP contribution in [0.5, 0.6) is 0 Å². The molecule has 1 fully saturated rings. The Morgan fingerprint density at radius 3 is 3.07 bits per heavy atom. The molecule has 2 unspecified atom stereocenters. The van der Waals surface area contributed by atoms with Crippen molar-refractivity contribution in [3.05, 3.63) is 12.8 Å². The van der Waals surface area contributed by atoms with Crippen molar-refractivity contribution in [2.45, 2.75) is 31.7 Å². The van der Waals surface area contributed by atoms with Crippen LogP contribution in [-0.2, 0) is 4.74 Å². The fourth-order valence-corrected chi connectivity index (χ4v) is 2.11. The summed E-state index contributed by atoms with van der Waals surface area (Å²) in [5, 5.41) is 3.55. The summed E-state index contributed by atoms with van der Waals surface area (Å²) < 4.78 is 5.05. The molecule has 3 heteroatoms. The van der Waals surface area contributed by atoms with E-state index in [1.807, 2.05) is 0 Å². The van der Waals surface area contributed by atoms with Gasteiger partial charge >= 0.3 is 0 Å². The minimum atomic E-state index is 0.642. The number of hydrogen-bond acceptors (Lipinski definition) is 3. The molecule has 0 radical (unpaired) electrons. The van der Waals surface area contributed by atoms with Crippen LogP contribution >= 0.6 is 0 Å². The van der Waals surface area contributed by atoms with Crippen molar-refractivity contribution >= 4 is 0 Å². The van der Waals surface area contributed by atoms with E-state index < -0.39 is 0 Å². The standard InChI is InChI=1S/C11H22N2O/c1-2-14-8-4-7-13-11-6-3-5-10(11)9-12/h2,10-11,13H,1,3-9,12H2. The predicted molar refractivity (Wildman–Crippen MR) is 59.0 cm³/mol. The van der Waals surface area contributed by atoms with Gasteiger partial charge < -0.3 is 15.8 Å². The van der Waals surface area contributed by atoms with E-state index in [0.717, 1.165) is 26.1 Å². The number of ether oxygens (including phenoxy) is 1. The van der Waals surface area contributed by atoms with E-state index >= 15 is 0 Å². The monoisotopic (exact) mass is 198 g/mol. The lowest BCUT2D eigenvalue weighted by atomic mass is 10.0. The molecule has 0 aromatic rings. The molecule has 0 aromatic carbocycles. The number of rotatable bonds is 7. The maximum absolute atomic E-state index is 5.70. The van der Waals surface area contributed by atoms with Gasteiger partial charge in [-0.15, -0.1) is 0 Å². The van der Waals surface area contributed by atoms with Crippen molar-refractivity contribution in [3.63, 3.8) is 0 Å². The van der Waals surface area contributed by atoms with E-state index in [4.69, 9.17) is 10.5 Å². The minimum absolute atomic E-state index is 0.642. The van der Waals surface area contributed by atoms with Crippen LogP contribution in [0.15, 0.2) is 12.8 Å². The summed E-state index contributed by atoms with van der Waals surface area (Å²) in [6.07, 6.45) is 6.43. The highest BCUT2D eigenvalue weighted by atomic mass is 16.5. The van der Waals surface area contributed by atoms with Crippen molar-refractivity contribution in [1.82, 2.24) is 5.32 Å². The molecule has 0 spiro atoms. The van der Waals surface area contributed by atoms with Gasteiger partial charge in [0.05, 0.1) is 12.9 Å². The lowest BCUT2D eigenvalue weighted by Crippen LogP contribution is -2.36. The largest absolute Gasteiger partial charge is 0.502 e. The van der Waals surface area contributed by atoms with Crippen LogP contribution in [-0.4, -0.2) is 25.7 Å². The van der Waals surface area contributed by atoms with Crippen LogP contribution in [0, 0.1) is 5.92 Å². The first kappa shape index (κ1) is 11.5. The third kappa shape index (κ3) is 3.68. The van der Waals surface area contributed by atoms with Gasteiger partial charge in [-0.2, -0.15) is 0 Å². The van der Waals surface area contributed by atoms with Gasteiger partial charge in [-0.25, -0.2) is 0 Å². The fourth-order valence-electron chi connectivity index (χ4n) is 2.11. The predicted octanol–water partition coefficient (Wildman–Crippen LogP) is 1.25. The molecule has 0 aliphatic heterocycles. The summed E-state index contributed by atoms with van der Waals surface area (Å²) in [5.41, 5.74) is 5.70. The van der Waals surface area contributed by atoms with Crippen LogP contribution in [0.3, 0.4) is 0 Å². The molecule has 2 atom stereocenters. The fraction of sp³-hybridized carbons (Fsp3) is 0.818. The molecule has 3 nitrogen and oxygen atoms in total. The first-order chi connectivity index (χ1) is 6.88. The summed E-state index contributed by atoms with van der Waals surface area (Å²) in [4.78, 5) is 0. The Bertz CT molecular complexity index is 161. The average Bonchev–Trinajstić information content (AvgIpc) is 2.65. The van der Waals surface area contributed by atoms with Crippen LogP contribution in [0.2, 0.25) is 0 Å². The Morgan fingerprint density at radius 1 is 1.50 bits per heavy atom. The zero-order valence-electron chi connectivity index (χ0n) is 8.87. The molecule has 0 heterocycles. The number of nitrogens with one attached hydrogen (secondary N) is 1.